The molecule has 1 heterocycles. The van der Waals surface area contributed by atoms with Crippen LogP contribution in [0.5, 0.6) is 5.75 Å². The smallest absolute Gasteiger partial charge is 0.339 e. The molecule has 0 atom stereocenters. The zero-order valence-corrected chi connectivity index (χ0v) is 18.2. The Morgan fingerprint density at radius 2 is 1.41 bits per heavy atom. The Hall–Kier alpha value is -1.90. The lowest BCUT2D eigenvalue weighted by Gasteiger charge is -2.26. The molecule has 1 saturated heterocycles. The van der Waals surface area contributed by atoms with Crippen molar-refractivity contribution >= 4 is 20.0 Å². The summed E-state index contributed by atoms with van der Waals surface area (Å²) in [6.07, 6.45) is 4.20. The largest absolute Gasteiger partial charge is 0.379 e. The van der Waals surface area contributed by atoms with Crippen LogP contribution in [0, 0.1) is 6.92 Å². The number of hydrogen-bond acceptors (Lipinski definition) is 6. The molecule has 2 aromatic rings. The Morgan fingerprint density at radius 3 is 2.03 bits per heavy atom. The highest BCUT2D eigenvalue weighted by Gasteiger charge is 2.19. The molecule has 8 heteroatoms. The zero-order valence-electron chi connectivity index (χ0n) is 16.6. The molecule has 0 saturated carbocycles. The number of piperidine rings is 1. The summed E-state index contributed by atoms with van der Waals surface area (Å²) in [5.74, 6) is 0.156. The Kier molecular flexibility index (Phi) is 6.97. The highest BCUT2D eigenvalue weighted by molar-refractivity contribution is 7.91. The average Bonchev–Trinajstić information content (AvgIpc) is 2.69. The summed E-state index contributed by atoms with van der Waals surface area (Å²) in [4.78, 5) is 2.54. The first-order valence-electron chi connectivity index (χ1n) is 9.83. The molecule has 0 radical (unpaired) electrons. The van der Waals surface area contributed by atoms with E-state index >= 15 is 0 Å². The van der Waals surface area contributed by atoms with E-state index in [9.17, 15) is 16.8 Å². The zero-order chi connectivity index (χ0) is 20.9. The average molecular weight is 438 g/mol. The van der Waals surface area contributed by atoms with Crippen LogP contribution >= 0.6 is 0 Å². The molecule has 1 aliphatic heterocycles. The fraction of sp³-hybridized carbons (Fsp3) is 0.429. The van der Waals surface area contributed by atoms with Gasteiger partial charge in [0.05, 0.1) is 10.6 Å². The Morgan fingerprint density at radius 1 is 0.828 bits per heavy atom. The van der Waals surface area contributed by atoms with E-state index in [1.165, 1.54) is 55.7 Å². The van der Waals surface area contributed by atoms with Crippen LogP contribution in [0.25, 0.3) is 0 Å². The standard InChI is InChI=1S/C21H27NO5S2/c1-18-6-10-21(11-7-18)29(25,26)27-19-8-12-20(13-9-19)28(23,24)17-5-16-22-14-3-2-4-15-22/h6-13H,2-5,14-17H2,1H3. The lowest BCUT2D eigenvalue weighted by atomic mass is 10.1. The van der Waals surface area contributed by atoms with Gasteiger partial charge in [-0.1, -0.05) is 24.1 Å². The van der Waals surface area contributed by atoms with Gasteiger partial charge < -0.3 is 9.08 Å². The quantitative estimate of drug-likeness (QED) is 0.589. The van der Waals surface area contributed by atoms with Crippen LogP contribution in [0.3, 0.4) is 0 Å². The van der Waals surface area contributed by atoms with Crippen molar-refractivity contribution < 1.29 is 21.0 Å². The summed E-state index contributed by atoms with van der Waals surface area (Å²) in [5.41, 5.74) is 0.943. The second kappa shape index (κ2) is 9.28. The SMILES string of the molecule is Cc1ccc(S(=O)(=O)Oc2ccc(S(=O)(=O)CCCN3CCCCC3)cc2)cc1. The Bertz CT molecular complexity index is 1010. The molecule has 1 aliphatic rings. The Balaban J connectivity index is 1.60. The van der Waals surface area contributed by atoms with Gasteiger partial charge in [-0.25, -0.2) is 8.42 Å². The number of nitrogens with zero attached hydrogens (tertiary/aromatic N) is 1. The number of likely N-dealkylation sites (tertiary alicyclic amines) is 1. The molecule has 0 N–H and O–H groups in total. The second-order valence-electron chi connectivity index (χ2n) is 7.40. The molecule has 0 unspecified atom stereocenters. The first kappa shape index (κ1) is 21.8. The minimum Gasteiger partial charge on any atom is -0.379 e. The maximum absolute atomic E-state index is 12.5. The van der Waals surface area contributed by atoms with Gasteiger partial charge in [0, 0.05) is 0 Å². The number of hydrogen-bond donors (Lipinski definition) is 0. The summed E-state index contributed by atoms with van der Waals surface area (Å²) in [7, 11) is -7.37. The lowest BCUT2D eigenvalue weighted by molar-refractivity contribution is 0.229. The molecule has 2 aromatic carbocycles. The van der Waals surface area contributed by atoms with Crippen molar-refractivity contribution in [2.75, 3.05) is 25.4 Å². The normalized spacial score (nSPS) is 15.9. The second-order valence-corrected chi connectivity index (χ2v) is 11.1. The van der Waals surface area contributed by atoms with Crippen molar-refractivity contribution in [1.29, 1.82) is 0 Å². The third kappa shape index (κ3) is 6.04. The van der Waals surface area contributed by atoms with E-state index in [0.717, 1.165) is 25.2 Å². The fourth-order valence-corrected chi connectivity index (χ4v) is 5.59. The van der Waals surface area contributed by atoms with E-state index in [0.29, 0.717) is 6.42 Å². The predicted octanol–water partition coefficient (Wildman–Crippen LogP) is 3.41. The van der Waals surface area contributed by atoms with E-state index in [4.69, 9.17) is 4.18 Å². The van der Waals surface area contributed by atoms with E-state index in [1.54, 1.807) is 12.1 Å². The molecule has 6 nitrogen and oxygen atoms in total. The van der Waals surface area contributed by atoms with Crippen molar-refractivity contribution in [2.24, 2.45) is 0 Å². The monoisotopic (exact) mass is 437 g/mol. The van der Waals surface area contributed by atoms with Crippen molar-refractivity contribution in [3.8, 4) is 5.75 Å². The highest BCUT2D eigenvalue weighted by atomic mass is 32.2. The number of rotatable bonds is 8. The molecular formula is C21H27NO5S2. The van der Waals surface area contributed by atoms with Crippen molar-refractivity contribution in [3.05, 3.63) is 54.1 Å². The molecule has 158 valence electrons. The van der Waals surface area contributed by atoms with Gasteiger partial charge in [0.25, 0.3) is 0 Å². The molecular weight excluding hydrogens is 410 g/mol. The van der Waals surface area contributed by atoms with Crippen LogP contribution in [0.4, 0.5) is 0 Å². The van der Waals surface area contributed by atoms with Crippen molar-refractivity contribution in [1.82, 2.24) is 4.90 Å². The maximum atomic E-state index is 12.5. The summed E-state index contributed by atoms with van der Waals surface area (Å²) in [6, 6.07) is 11.9. The fourth-order valence-electron chi connectivity index (χ4n) is 3.36. The molecule has 0 amide bonds. The minimum atomic E-state index is -3.96. The minimum absolute atomic E-state index is 0.0533. The van der Waals surface area contributed by atoms with Gasteiger partial charge in [0.15, 0.2) is 9.84 Å². The van der Waals surface area contributed by atoms with Crippen LogP contribution in [0.2, 0.25) is 0 Å². The summed E-state index contributed by atoms with van der Waals surface area (Å²) < 4.78 is 54.9. The molecule has 0 aromatic heterocycles. The van der Waals surface area contributed by atoms with Crippen LogP contribution in [-0.2, 0) is 20.0 Å². The Labute approximate surface area is 173 Å². The van der Waals surface area contributed by atoms with Gasteiger partial charge in [0.2, 0.25) is 0 Å². The third-order valence-electron chi connectivity index (χ3n) is 5.03. The number of sulfone groups is 1. The topological polar surface area (TPSA) is 80.8 Å². The van der Waals surface area contributed by atoms with Crippen molar-refractivity contribution in [2.45, 2.75) is 42.4 Å². The lowest BCUT2D eigenvalue weighted by Crippen LogP contribution is -2.31. The summed E-state index contributed by atoms with van der Waals surface area (Å²) in [6.45, 7) is 4.74. The first-order valence-corrected chi connectivity index (χ1v) is 12.9. The van der Waals surface area contributed by atoms with Crippen molar-refractivity contribution in [3.63, 3.8) is 0 Å². The molecule has 0 spiro atoms. The molecule has 3 rings (SSSR count). The van der Waals surface area contributed by atoms with Gasteiger partial charge in [-0.2, -0.15) is 8.42 Å². The highest BCUT2D eigenvalue weighted by Crippen LogP contribution is 2.22. The van der Waals surface area contributed by atoms with Crippen LogP contribution < -0.4 is 4.18 Å². The van der Waals surface area contributed by atoms with E-state index < -0.39 is 20.0 Å². The van der Waals surface area contributed by atoms with Gasteiger partial charge in [-0.05, 0) is 82.2 Å². The summed E-state index contributed by atoms with van der Waals surface area (Å²) in [5, 5.41) is 0. The van der Waals surface area contributed by atoms with E-state index in [2.05, 4.69) is 4.90 Å². The van der Waals surface area contributed by atoms with E-state index in [-0.39, 0.29) is 21.3 Å². The summed E-state index contributed by atoms with van der Waals surface area (Å²) >= 11 is 0. The number of aryl methyl sites for hydroxylation is 1. The van der Waals surface area contributed by atoms with Crippen LogP contribution in [-0.4, -0.2) is 47.1 Å². The van der Waals surface area contributed by atoms with Gasteiger partial charge in [-0.3, -0.25) is 0 Å². The molecule has 0 aliphatic carbocycles. The maximum Gasteiger partial charge on any atom is 0.339 e. The van der Waals surface area contributed by atoms with Gasteiger partial charge in [-0.15, -0.1) is 0 Å². The van der Waals surface area contributed by atoms with E-state index in [1.807, 2.05) is 6.92 Å². The number of benzene rings is 2. The molecule has 0 bridgehead atoms. The van der Waals surface area contributed by atoms with Crippen LogP contribution in [0.1, 0.15) is 31.2 Å². The first-order chi connectivity index (χ1) is 13.8. The molecule has 1 fully saturated rings. The van der Waals surface area contributed by atoms with Crippen LogP contribution in [0.15, 0.2) is 58.3 Å². The van der Waals surface area contributed by atoms with Gasteiger partial charge >= 0.3 is 10.1 Å². The van der Waals surface area contributed by atoms with Gasteiger partial charge in [0.1, 0.15) is 10.6 Å². The predicted molar refractivity (Wildman–Crippen MR) is 112 cm³/mol. The third-order valence-corrected chi connectivity index (χ3v) is 8.11. The molecule has 29 heavy (non-hydrogen) atoms.